The molecule has 1 rings (SSSR count). The van der Waals surface area contributed by atoms with Crippen LogP contribution in [0.2, 0.25) is 0 Å². The van der Waals surface area contributed by atoms with Crippen molar-refractivity contribution in [3.63, 3.8) is 0 Å². The third kappa shape index (κ3) is 5.25. The van der Waals surface area contributed by atoms with Crippen LogP contribution in [-0.2, 0) is 0 Å². The zero-order valence-electron chi connectivity index (χ0n) is 12.9. The normalized spacial score (nSPS) is 11.2. The highest BCUT2D eigenvalue weighted by Crippen LogP contribution is 2.19. The molecule has 20 heavy (non-hydrogen) atoms. The molecule has 0 aromatic heterocycles. The molecule has 0 aliphatic rings. The number of rotatable bonds is 7. The third-order valence-electron chi connectivity index (χ3n) is 3.62. The summed E-state index contributed by atoms with van der Waals surface area (Å²) in [6.07, 6.45) is 2.11. The summed E-state index contributed by atoms with van der Waals surface area (Å²) in [7, 11) is 2.13. The van der Waals surface area contributed by atoms with Gasteiger partial charge in [-0.15, -0.1) is 0 Å². The number of halogens is 1. The number of nitrogens with zero attached hydrogens (tertiary/aromatic N) is 1. The fraction of sp³-hybridized carbons (Fsp3) is 0.562. The van der Waals surface area contributed by atoms with Crippen molar-refractivity contribution < 1.29 is 4.79 Å². The third-order valence-corrected chi connectivity index (χ3v) is 4.48. The standard InChI is InChI=1S/C16H25BrN2O/c1-12(2)19(4)11-6-5-10-18-16(20)14-8-7-9-15(17)13(14)3/h7-9,12H,5-6,10-11H2,1-4H3,(H,18,20). The van der Waals surface area contributed by atoms with Gasteiger partial charge >= 0.3 is 0 Å². The summed E-state index contributed by atoms with van der Waals surface area (Å²) in [5.41, 5.74) is 1.74. The van der Waals surface area contributed by atoms with E-state index in [4.69, 9.17) is 0 Å². The van der Waals surface area contributed by atoms with Crippen LogP contribution in [0.4, 0.5) is 0 Å². The second-order valence-electron chi connectivity index (χ2n) is 5.45. The van der Waals surface area contributed by atoms with Crippen molar-refractivity contribution in [2.75, 3.05) is 20.1 Å². The highest BCUT2D eigenvalue weighted by molar-refractivity contribution is 9.10. The molecule has 0 saturated heterocycles. The van der Waals surface area contributed by atoms with Gasteiger partial charge in [0.25, 0.3) is 5.91 Å². The molecule has 1 aromatic carbocycles. The molecule has 112 valence electrons. The van der Waals surface area contributed by atoms with E-state index in [1.54, 1.807) is 0 Å². The van der Waals surface area contributed by atoms with Crippen LogP contribution in [0.25, 0.3) is 0 Å². The molecular formula is C16H25BrN2O. The summed E-state index contributed by atoms with van der Waals surface area (Å²) in [4.78, 5) is 14.4. The first-order chi connectivity index (χ1) is 9.43. The number of hydrogen-bond donors (Lipinski definition) is 1. The van der Waals surface area contributed by atoms with Crippen molar-refractivity contribution in [3.05, 3.63) is 33.8 Å². The van der Waals surface area contributed by atoms with Crippen LogP contribution in [0.3, 0.4) is 0 Å². The lowest BCUT2D eigenvalue weighted by Gasteiger charge is -2.20. The molecule has 4 heteroatoms. The van der Waals surface area contributed by atoms with E-state index < -0.39 is 0 Å². The maximum absolute atomic E-state index is 12.1. The molecule has 0 aliphatic heterocycles. The van der Waals surface area contributed by atoms with Crippen LogP contribution in [0.5, 0.6) is 0 Å². The molecule has 0 heterocycles. The van der Waals surface area contributed by atoms with Crippen LogP contribution in [-0.4, -0.2) is 37.0 Å². The molecule has 1 N–H and O–H groups in total. The minimum atomic E-state index is 0.0148. The fourth-order valence-corrected chi connectivity index (χ4v) is 2.26. The van der Waals surface area contributed by atoms with Crippen LogP contribution >= 0.6 is 15.9 Å². The van der Waals surface area contributed by atoms with Crippen molar-refractivity contribution in [3.8, 4) is 0 Å². The van der Waals surface area contributed by atoms with Crippen molar-refractivity contribution >= 4 is 21.8 Å². The van der Waals surface area contributed by atoms with Crippen molar-refractivity contribution in [1.29, 1.82) is 0 Å². The maximum atomic E-state index is 12.1. The van der Waals surface area contributed by atoms with Gasteiger partial charge in [-0.25, -0.2) is 0 Å². The molecule has 0 unspecified atom stereocenters. The predicted molar refractivity (Wildman–Crippen MR) is 88.2 cm³/mol. The Hall–Kier alpha value is -0.870. The van der Waals surface area contributed by atoms with Crippen molar-refractivity contribution in [1.82, 2.24) is 10.2 Å². The van der Waals surface area contributed by atoms with Crippen LogP contribution < -0.4 is 5.32 Å². The maximum Gasteiger partial charge on any atom is 0.251 e. The Morgan fingerprint density at radius 1 is 1.35 bits per heavy atom. The van der Waals surface area contributed by atoms with E-state index in [-0.39, 0.29) is 5.91 Å². The second-order valence-corrected chi connectivity index (χ2v) is 6.30. The summed E-state index contributed by atoms with van der Waals surface area (Å²) in [6, 6.07) is 6.29. The van der Waals surface area contributed by atoms with Crippen LogP contribution in [0.15, 0.2) is 22.7 Å². The predicted octanol–water partition coefficient (Wildman–Crippen LogP) is 3.61. The summed E-state index contributed by atoms with van der Waals surface area (Å²) >= 11 is 3.45. The number of carbonyl (C=O) groups excluding carboxylic acids is 1. The van der Waals surface area contributed by atoms with E-state index in [9.17, 15) is 4.79 Å². The SMILES string of the molecule is Cc1c(Br)cccc1C(=O)NCCCCN(C)C(C)C. The molecular weight excluding hydrogens is 316 g/mol. The van der Waals surface area contributed by atoms with Crippen LogP contribution in [0, 0.1) is 6.92 Å². The first kappa shape index (κ1) is 17.2. The average molecular weight is 341 g/mol. The number of benzene rings is 1. The number of hydrogen-bond acceptors (Lipinski definition) is 2. The minimum Gasteiger partial charge on any atom is -0.352 e. The summed E-state index contributed by atoms with van der Waals surface area (Å²) in [5.74, 6) is 0.0148. The highest BCUT2D eigenvalue weighted by Gasteiger charge is 2.10. The molecule has 0 bridgehead atoms. The van der Waals surface area contributed by atoms with Gasteiger partial charge in [-0.2, -0.15) is 0 Å². The molecule has 0 atom stereocenters. The van der Waals surface area contributed by atoms with Gasteiger partial charge in [-0.3, -0.25) is 4.79 Å². The quantitative estimate of drug-likeness (QED) is 0.769. The first-order valence-electron chi connectivity index (χ1n) is 7.17. The second kappa shape index (κ2) is 8.42. The monoisotopic (exact) mass is 340 g/mol. The molecule has 0 fully saturated rings. The van der Waals surface area contributed by atoms with Crippen LogP contribution in [0.1, 0.15) is 42.6 Å². The van der Waals surface area contributed by atoms with Gasteiger partial charge in [-0.05, 0) is 64.9 Å². The Morgan fingerprint density at radius 2 is 2.05 bits per heavy atom. The number of carbonyl (C=O) groups is 1. The van der Waals surface area contributed by atoms with Gasteiger partial charge in [0.05, 0.1) is 0 Å². The summed E-state index contributed by atoms with van der Waals surface area (Å²) < 4.78 is 0.976. The highest BCUT2D eigenvalue weighted by atomic mass is 79.9. The summed E-state index contributed by atoms with van der Waals surface area (Å²) in [5, 5.41) is 2.99. The first-order valence-corrected chi connectivity index (χ1v) is 7.96. The molecule has 3 nitrogen and oxygen atoms in total. The van der Waals surface area contributed by atoms with Gasteiger partial charge in [0.15, 0.2) is 0 Å². The molecule has 0 aliphatic carbocycles. The molecule has 1 aromatic rings. The Labute approximate surface area is 130 Å². The lowest BCUT2D eigenvalue weighted by molar-refractivity contribution is 0.0952. The van der Waals surface area contributed by atoms with Gasteiger partial charge in [0.2, 0.25) is 0 Å². The number of nitrogens with one attached hydrogen (secondary N) is 1. The topological polar surface area (TPSA) is 32.3 Å². The van der Waals surface area contributed by atoms with Crippen molar-refractivity contribution in [2.24, 2.45) is 0 Å². The fourth-order valence-electron chi connectivity index (χ4n) is 1.90. The Bertz CT molecular complexity index is 446. The van der Waals surface area contributed by atoms with Gasteiger partial charge < -0.3 is 10.2 Å². The summed E-state index contributed by atoms with van der Waals surface area (Å²) in [6.45, 7) is 8.15. The molecule has 1 amide bonds. The van der Waals surface area contributed by atoms with E-state index in [1.807, 2.05) is 25.1 Å². The zero-order valence-corrected chi connectivity index (χ0v) is 14.5. The lowest BCUT2D eigenvalue weighted by Crippen LogP contribution is -2.29. The zero-order chi connectivity index (χ0) is 15.1. The Kier molecular flexibility index (Phi) is 7.24. The van der Waals surface area contributed by atoms with Gasteiger partial charge in [0.1, 0.15) is 0 Å². The van der Waals surface area contributed by atoms with Crippen molar-refractivity contribution in [2.45, 2.75) is 39.7 Å². The van der Waals surface area contributed by atoms with E-state index >= 15 is 0 Å². The van der Waals surface area contributed by atoms with Gasteiger partial charge in [-0.1, -0.05) is 22.0 Å². The van der Waals surface area contributed by atoms with Gasteiger partial charge in [0, 0.05) is 22.6 Å². The number of unbranched alkanes of at least 4 members (excludes halogenated alkanes) is 1. The molecule has 0 radical (unpaired) electrons. The smallest absolute Gasteiger partial charge is 0.251 e. The Morgan fingerprint density at radius 3 is 2.70 bits per heavy atom. The van der Waals surface area contributed by atoms with E-state index in [2.05, 4.69) is 47.0 Å². The molecule has 0 spiro atoms. The van der Waals surface area contributed by atoms with E-state index in [0.29, 0.717) is 6.04 Å². The average Bonchev–Trinajstić information content (AvgIpc) is 2.40. The van der Waals surface area contributed by atoms with E-state index in [1.165, 1.54) is 0 Å². The minimum absolute atomic E-state index is 0.0148. The number of amides is 1. The van der Waals surface area contributed by atoms with E-state index in [0.717, 1.165) is 41.5 Å². The Balaban J connectivity index is 2.32. The lowest BCUT2D eigenvalue weighted by atomic mass is 10.1. The molecule has 0 saturated carbocycles. The largest absolute Gasteiger partial charge is 0.352 e.